The van der Waals surface area contributed by atoms with Gasteiger partial charge in [-0.15, -0.1) is 0 Å². The standard InChI is InChI=1S/C19H20FN3O3/c1-2-17(24)23-7-3-4-13(11-23)18(25)21-10-14-8-12-5-6-15(20)9-16(12)22-19(14)26/h2,5-6,8-9,13H,1,3-4,7,10-11H2,(H,21,25)(H,22,26). The summed E-state index contributed by atoms with van der Waals surface area (Å²) in [6.07, 6.45) is 2.69. The van der Waals surface area contributed by atoms with Crippen molar-refractivity contribution in [3.63, 3.8) is 0 Å². The molecule has 1 aliphatic heterocycles. The first-order valence-corrected chi connectivity index (χ1v) is 8.48. The highest BCUT2D eigenvalue weighted by Gasteiger charge is 2.27. The molecule has 2 N–H and O–H groups in total. The van der Waals surface area contributed by atoms with Gasteiger partial charge < -0.3 is 15.2 Å². The normalized spacial score (nSPS) is 17.1. The van der Waals surface area contributed by atoms with Gasteiger partial charge >= 0.3 is 0 Å². The van der Waals surface area contributed by atoms with Crippen LogP contribution in [0, 0.1) is 11.7 Å². The van der Waals surface area contributed by atoms with Crippen molar-refractivity contribution in [1.29, 1.82) is 0 Å². The third kappa shape index (κ3) is 3.82. The number of H-pyrrole nitrogens is 1. The number of nitrogens with one attached hydrogen (secondary N) is 2. The van der Waals surface area contributed by atoms with Crippen LogP contribution in [0.15, 0.2) is 41.7 Å². The molecule has 1 aromatic carbocycles. The first kappa shape index (κ1) is 17.8. The summed E-state index contributed by atoms with van der Waals surface area (Å²) in [6.45, 7) is 4.52. The molecule has 0 aliphatic carbocycles. The Hall–Kier alpha value is -2.96. The minimum absolute atomic E-state index is 0.0768. The highest BCUT2D eigenvalue weighted by Crippen LogP contribution is 2.17. The van der Waals surface area contributed by atoms with Gasteiger partial charge in [0.2, 0.25) is 11.8 Å². The van der Waals surface area contributed by atoms with Crippen LogP contribution in [-0.4, -0.2) is 34.8 Å². The summed E-state index contributed by atoms with van der Waals surface area (Å²) in [5.74, 6) is -1.10. The van der Waals surface area contributed by atoms with Crippen molar-refractivity contribution in [3.05, 3.63) is 58.7 Å². The summed E-state index contributed by atoms with van der Waals surface area (Å²) >= 11 is 0. The van der Waals surface area contributed by atoms with Crippen molar-refractivity contribution in [2.75, 3.05) is 13.1 Å². The first-order chi connectivity index (χ1) is 12.5. The number of nitrogens with zero attached hydrogens (tertiary/aromatic N) is 1. The maximum Gasteiger partial charge on any atom is 0.253 e. The SMILES string of the molecule is C=CC(=O)N1CCCC(C(=O)NCc2cc3ccc(F)cc3[nH]c2=O)C1. The molecule has 1 unspecified atom stereocenters. The van der Waals surface area contributed by atoms with Crippen molar-refractivity contribution < 1.29 is 14.0 Å². The van der Waals surface area contributed by atoms with Crippen LogP contribution >= 0.6 is 0 Å². The zero-order valence-corrected chi connectivity index (χ0v) is 14.3. The van der Waals surface area contributed by atoms with E-state index in [1.807, 2.05) is 0 Å². The fraction of sp³-hybridized carbons (Fsp3) is 0.316. The number of likely N-dealkylation sites (tertiary alicyclic amines) is 1. The number of hydrogen-bond donors (Lipinski definition) is 2. The fourth-order valence-corrected chi connectivity index (χ4v) is 3.20. The molecule has 0 spiro atoms. The smallest absolute Gasteiger partial charge is 0.253 e. The maximum absolute atomic E-state index is 13.2. The van der Waals surface area contributed by atoms with Crippen molar-refractivity contribution in [3.8, 4) is 0 Å². The Morgan fingerprint density at radius 1 is 1.38 bits per heavy atom. The fourth-order valence-electron chi connectivity index (χ4n) is 3.20. The second-order valence-corrected chi connectivity index (χ2v) is 6.40. The predicted molar refractivity (Wildman–Crippen MR) is 95.9 cm³/mol. The first-order valence-electron chi connectivity index (χ1n) is 8.48. The van der Waals surface area contributed by atoms with E-state index in [-0.39, 0.29) is 29.8 Å². The number of halogens is 1. The molecule has 1 atom stereocenters. The second kappa shape index (κ2) is 7.51. The quantitative estimate of drug-likeness (QED) is 0.818. The minimum atomic E-state index is -0.426. The topological polar surface area (TPSA) is 82.3 Å². The largest absolute Gasteiger partial charge is 0.352 e. The third-order valence-corrected chi connectivity index (χ3v) is 4.62. The van der Waals surface area contributed by atoms with Crippen LogP contribution in [0.5, 0.6) is 0 Å². The Bertz CT molecular complexity index is 922. The van der Waals surface area contributed by atoms with E-state index in [9.17, 15) is 18.8 Å². The summed E-state index contributed by atoms with van der Waals surface area (Å²) in [5.41, 5.74) is 0.443. The second-order valence-electron chi connectivity index (χ2n) is 6.40. The van der Waals surface area contributed by atoms with Crippen molar-refractivity contribution in [2.45, 2.75) is 19.4 Å². The average Bonchev–Trinajstić information content (AvgIpc) is 2.65. The Morgan fingerprint density at radius 3 is 2.96 bits per heavy atom. The summed E-state index contributed by atoms with van der Waals surface area (Å²) in [4.78, 5) is 40.5. The van der Waals surface area contributed by atoms with Gasteiger partial charge in [-0.25, -0.2) is 4.39 Å². The highest BCUT2D eigenvalue weighted by molar-refractivity contribution is 5.88. The van der Waals surface area contributed by atoms with Crippen LogP contribution in [0.2, 0.25) is 0 Å². The number of fused-ring (bicyclic) bond motifs is 1. The number of aromatic amines is 1. The molecule has 1 aromatic heterocycles. The minimum Gasteiger partial charge on any atom is -0.352 e. The number of aromatic nitrogens is 1. The predicted octanol–water partition coefficient (Wildman–Crippen LogP) is 1.71. The molecule has 1 saturated heterocycles. The van der Waals surface area contributed by atoms with Crippen molar-refractivity contribution in [2.24, 2.45) is 5.92 Å². The van der Waals surface area contributed by atoms with Crippen LogP contribution in [0.25, 0.3) is 10.9 Å². The van der Waals surface area contributed by atoms with Crippen molar-refractivity contribution in [1.82, 2.24) is 15.2 Å². The molecule has 3 rings (SSSR count). The van der Waals surface area contributed by atoms with Gasteiger partial charge in [0, 0.05) is 25.2 Å². The lowest BCUT2D eigenvalue weighted by molar-refractivity contribution is -0.132. The van der Waals surface area contributed by atoms with Crippen LogP contribution in [0.3, 0.4) is 0 Å². The zero-order valence-electron chi connectivity index (χ0n) is 14.3. The zero-order chi connectivity index (χ0) is 18.7. The number of benzene rings is 1. The van der Waals surface area contributed by atoms with Crippen LogP contribution < -0.4 is 10.9 Å². The maximum atomic E-state index is 13.2. The van der Waals surface area contributed by atoms with Gasteiger partial charge in [-0.1, -0.05) is 6.58 Å². The Kier molecular flexibility index (Phi) is 5.16. The number of amides is 2. The number of hydrogen-bond acceptors (Lipinski definition) is 3. The summed E-state index contributed by atoms with van der Waals surface area (Å²) in [5, 5.41) is 3.46. The monoisotopic (exact) mass is 357 g/mol. The average molecular weight is 357 g/mol. The van der Waals surface area contributed by atoms with Gasteiger partial charge in [0.15, 0.2) is 0 Å². The van der Waals surface area contributed by atoms with E-state index in [2.05, 4.69) is 16.9 Å². The molecule has 6 nitrogen and oxygen atoms in total. The van der Waals surface area contributed by atoms with Gasteiger partial charge in [0.05, 0.1) is 11.4 Å². The Labute approximate surface area is 149 Å². The summed E-state index contributed by atoms with van der Waals surface area (Å²) in [6, 6.07) is 5.79. The van der Waals surface area contributed by atoms with Gasteiger partial charge in [-0.2, -0.15) is 0 Å². The summed E-state index contributed by atoms with van der Waals surface area (Å²) in [7, 11) is 0. The van der Waals surface area contributed by atoms with Gasteiger partial charge in [0.1, 0.15) is 5.82 Å². The molecule has 0 radical (unpaired) electrons. The molecule has 0 saturated carbocycles. The molecule has 2 heterocycles. The molecule has 7 heteroatoms. The number of rotatable bonds is 4. The van der Waals surface area contributed by atoms with E-state index in [0.29, 0.717) is 36.0 Å². The Morgan fingerprint density at radius 2 is 2.19 bits per heavy atom. The van der Waals surface area contributed by atoms with Crippen LogP contribution in [0.4, 0.5) is 4.39 Å². The van der Waals surface area contributed by atoms with E-state index in [1.165, 1.54) is 18.2 Å². The van der Waals surface area contributed by atoms with Crippen LogP contribution in [-0.2, 0) is 16.1 Å². The van der Waals surface area contributed by atoms with E-state index in [4.69, 9.17) is 0 Å². The summed E-state index contributed by atoms with van der Waals surface area (Å²) < 4.78 is 13.2. The van der Waals surface area contributed by atoms with Gasteiger partial charge in [0.25, 0.3) is 5.56 Å². The molecule has 26 heavy (non-hydrogen) atoms. The number of piperidine rings is 1. The molecule has 2 amide bonds. The third-order valence-electron chi connectivity index (χ3n) is 4.62. The van der Waals surface area contributed by atoms with Gasteiger partial charge in [-0.05, 0) is 48.6 Å². The molecular formula is C19H20FN3O3. The highest BCUT2D eigenvalue weighted by atomic mass is 19.1. The molecule has 136 valence electrons. The number of carbonyl (C=O) groups excluding carboxylic acids is 2. The molecule has 1 aliphatic rings. The van der Waals surface area contributed by atoms with Gasteiger partial charge in [-0.3, -0.25) is 14.4 Å². The van der Waals surface area contributed by atoms with E-state index in [0.717, 1.165) is 6.42 Å². The van der Waals surface area contributed by atoms with Crippen LogP contribution in [0.1, 0.15) is 18.4 Å². The molecule has 2 aromatic rings. The molecular weight excluding hydrogens is 337 g/mol. The number of pyridine rings is 1. The lowest BCUT2D eigenvalue weighted by Crippen LogP contribution is -2.45. The molecule has 1 fully saturated rings. The Balaban J connectivity index is 1.67. The number of carbonyl (C=O) groups is 2. The molecule has 0 bridgehead atoms. The van der Waals surface area contributed by atoms with Crippen molar-refractivity contribution >= 4 is 22.7 Å². The van der Waals surface area contributed by atoms with E-state index in [1.54, 1.807) is 17.0 Å². The lowest BCUT2D eigenvalue weighted by Gasteiger charge is -2.31. The van der Waals surface area contributed by atoms with E-state index < -0.39 is 5.82 Å². The van der Waals surface area contributed by atoms with E-state index >= 15 is 0 Å². The lowest BCUT2D eigenvalue weighted by atomic mass is 9.97.